The van der Waals surface area contributed by atoms with Crippen molar-refractivity contribution in [2.24, 2.45) is 5.92 Å². The van der Waals surface area contributed by atoms with E-state index < -0.39 is 10.0 Å². The molecule has 1 aliphatic heterocycles. The number of rotatable bonds is 7. The van der Waals surface area contributed by atoms with Crippen molar-refractivity contribution in [3.8, 4) is 5.75 Å². The van der Waals surface area contributed by atoms with Gasteiger partial charge in [-0.25, -0.2) is 13.1 Å². The van der Waals surface area contributed by atoms with Gasteiger partial charge in [-0.1, -0.05) is 6.92 Å². The van der Waals surface area contributed by atoms with Crippen molar-refractivity contribution < 1.29 is 13.2 Å². The molecule has 0 spiro atoms. The zero-order chi connectivity index (χ0) is 17.7. The van der Waals surface area contributed by atoms with Crippen LogP contribution in [0.1, 0.15) is 37.3 Å². The first-order valence-electron chi connectivity index (χ1n) is 8.75. The molecular weight excluding hydrogens is 324 g/mol. The summed E-state index contributed by atoms with van der Waals surface area (Å²) in [6.07, 6.45) is 3.29. The van der Waals surface area contributed by atoms with Crippen LogP contribution < -0.4 is 9.46 Å². The normalized spacial score (nSPS) is 17.2. The number of nitrogens with one attached hydrogen (secondary N) is 1. The van der Waals surface area contributed by atoms with Gasteiger partial charge in [0, 0.05) is 6.54 Å². The molecule has 1 heterocycles. The van der Waals surface area contributed by atoms with Crippen LogP contribution in [0.4, 0.5) is 0 Å². The minimum Gasteiger partial charge on any atom is -0.496 e. The fourth-order valence-electron chi connectivity index (χ4n) is 3.32. The van der Waals surface area contributed by atoms with Crippen LogP contribution in [0.3, 0.4) is 0 Å². The van der Waals surface area contributed by atoms with Crippen molar-refractivity contribution in [2.75, 3.05) is 33.3 Å². The molecule has 1 N–H and O–H groups in total. The number of likely N-dealkylation sites (tertiary alicyclic amines) is 1. The maximum absolute atomic E-state index is 12.7. The Morgan fingerprint density at radius 1 is 1.21 bits per heavy atom. The Kier molecular flexibility index (Phi) is 6.66. The molecule has 0 aliphatic carbocycles. The maximum Gasteiger partial charge on any atom is 0.240 e. The molecule has 0 unspecified atom stereocenters. The van der Waals surface area contributed by atoms with E-state index in [-0.39, 0.29) is 0 Å². The number of sulfonamides is 1. The van der Waals surface area contributed by atoms with Crippen LogP contribution in [0, 0.1) is 19.8 Å². The molecule has 1 aromatic rings. The van der Waals surface area contributed by atoms with E-state index in [0.29, 0.717) is 17.4 Å². The fraction of sp³-hybridized carbons (Fsp3) is 0.667. The van der Waals surface area contributed by atoms with E-state index >= 15 is 0 Å². The molecular formula is C18H30N2O3S. The first-order valence-corrected chi connectivity index (χ1v) is 10.2. The summed E-state index contributed by atoms with van der Waals surface area (Å²) in [6.45, 7) is 9.71. The first-order chi connectivity index (χ1) is 11.4. The van der Waals surface area contributed by atoms with Crippen LogP contribution in [0.5, 0.6) is 5.75 Å². The monoisotopic (exact) mass is 354 g/mol. The topological polar surface area (TPSA) is 58.6 Å². The van der Waals surface area contributed by atoms with Gasteiger partial charge in [-0.3, -0.25) is 0 Å². The average Bonchev–Trinajstić information content (AvgIpc) is 2.57. The number of benzene rings is 1. The summed E-state index contributed by atoms with van der Waals surface area (Å²) in [5.74, 6) is 1.14. The molecule has 0 amide bonds. The quantitative estimate of drug-likeness (QED) is 0.818. The summed E-state index contributed by atoms with van der Waals surface area (Å²) < 4.78 is 33.4. The molecule has 0 saturated carbocycles. The Morgan fingerprint density at radius 3 is 2.46 bits per heavy atom. The molecule has 24 heavy (non-hydrogen) atoms. The molecule has 0 bridgehead atoms. The minimum atomic E-state index is -3.48. The van der Waals surface area contributed by atoms with E-state index in [1.807, 2.05) is 13.8 Å². The van der Waals surface area contributed by atoms with E-state index in [4.69, 9.17) is 4.74 Å². The van der Waals surface area contributed by atoms with Gasteiger partial charge in [0.25, 0.3) is 0 Å². The highest BCUT2D eigenvalue weighted by molar-refractivity contribution is 7.89. The molecule has 6 heteroatoms. The number of nitrogens with zero attached hydrogens (tertiary/aromatic N) is 1. The lowest BCUT2D eigenvalue weighted by Crippen LogP contribution is -2.39. The lowest BCUT2D eigenvalue weighted by Gasteiger charge is -2.31. The van der Waals surface area contributed by atoms with E-state index in [1.54, 1.807) is 19.2 Å². The summed E-state index contributed by atoms with van der Waals surface area (Å²) in [6, 6.07) is 3.35. The standard InChI is InChI=1S/C18H30N2O3S/c1-5-10-20-11-8-16(9-12-20)13-19-24(21,22)18-7-6-17(23-4)14(2)15(18)3/h6-7,16,19H,5,8-13H2,1-4H3. The molecule has 0 atom stereocenters. The third kappa shape index (κ3) is 4.49. The van der Waals surface area contributed by atoms with Crippen LogP contribution >= 0.6 is 0 Å². The SMILES string of the molecule is CCCN1CCC(CNS(=O)(=O)c2ccc(OC)c(C)c2C)CC1. The zero-order valence-corrected chi connectivity index (χ0v) is 16.1. The Hall–Kier alpha value is -1.11. The van der Waals surface area contributed by atoms with Crippen LogP contribution in [-0.2, 0) is 10.0 Å². The van der Waals surface area contributed by atoms with Gasteiger partial charge in [-0.05, 0) is 81.9 Å². The summed E-state index contributed by atoms with van der Waals surface area (Å²) in [5, 5.41) is 0. The molecule has 5 nitrogen and oxygen atoms in total. The third-order valence-electron chi connectivity index (χ3n) is 5.01. The van der Waals surface area contributed by atoms with E-state index in [1.165, 1.54) is 6.42 Å². The lowest BCUT2D eigenvalue weighted by atomic mass is 9.97. The van der Waals surface area contributed by atoms with Crippen LogP contribution in [0.2, 0.25) is 0 Å². The van der Waals surface area contributed by atoms with E-state index in [0.717, 1.165) is 49.4 Å². The minimum absolute atomic E-state index is 0.351. The number of hydrogen-bond donors (Lipinski definition) is 1. The highest BCUT2D eigenvalue weighted by Gasteiger charge is 2.23. The van der Waals surface area contributed by atoms with Crippen molar-refractivity contribution in [1.29, 1.82) is 0 Å². The van der Waals surface area contributed by atoms with Gasteiger partial charge in [-0.2, -0.15) is 0 Å². The highest BCUT2D eigenvalue weighted by atomic mass is 32.2. The molecule has 1 fully saturated rings. The van der Waals surface area contributed by atoms with Gasteiger partial charge in [0.1, 0.15) is 5.75 Å². The van der Waals surface area contributed by atoms with Crippen LogP contribution in [0.25, 0.3) is 0 Å². The second-order valence-electron chi connectivity index (χ2n) is 6.65. The molecule has 1 aromatic carbocycles. The Bertz CT molecular complexity index is 650. The van der Waals surface area contributed by atoms with Gasteiger partial charge in [0.2, 0.25) is 10.0 Å². The molecule has 0 aromatic heterocycles. The number of piperidine rings is 1. The van der Waals surface area contributed by atoms with Crippen LogP contribution in [0.15, 0.2) is 17.0 Å². The van der Waals surface area contributed by atoms with Crippen molar-refractivity contribution >= 4 is 10.0 Å². The highest BCUT2D eigenvalue weighted by Crippen LogP contribution is 2.27. The second kappa shape index (κ2) is 8.32. The summed E-state index contributed by atoms with van der Waals surface area (Å²) in [5.41, 5.74) is 1.62. The van der Waals surface area contributed by atoms with Gasteiger partial charge < -0.3 is 9.64 Å². The summed E-state index contributed by atoms with van der Waals surface area (Å²) in [4.78, 5) is 2.81. The molecule has 1 saturated heterocycles. The van der Waals surface area contributed by atoms with Crippen molar-refractivity contribution in [3.05, 3.63) is 23.3 Å². The predicted molar refractivity (Wildman–Crippen MR) is 97.1 cm³/mol. The van der Waals surface area contributed by atoms with Gasteiger partial charge in [0.15, 0.2) is 0 Å². The number of hydrogen-bond acceptors (Lipinski definition) is 4. The summed E-state index contributed by atoms with van der Waals surface area (Å²) >= 11 is 0. The maximum atomic E-state index is 12.7. The zero-order valence-electron chi connectivity index (χ0n) is 15.3. The van der Waals surface area contributed by atoms with Gasteiger partial charge in [-0.15, -0.1) is 0 Å². The molecule has 0 radical (unpaired) electrons. The Morgan fingerprint density at radius 2 is 1.88 bits per heavy atom. The Balaban J connectivity index is 1.99. The van der Waals surface area contributed by atoms with Crippen LogP contribution in [-0.4, -0.2) is 46.6 Å². The summed E-state index contributed by atoms with van der Waals surface area (Å²) in [7, 11) is -1.88. The van der Waals surface area contributed by atoms with Crippen molar-refractivity contribution in [1.82, 2.24) is 9.62 Å². The van der Waals surface area contributed by atoms with E-state index in [2.05, 4.69) is 16.5 Å². The van der Waals surface area contributed by atoms with Crippen molar-refractivity contribution in [2.45, 2.75) is 44.9 Å². The van der Waals surface area contributed by atoms with Gasteiger partial charge in [0.05, 0.1) is 12.0 Å². The largest absolute Gasteiger partial charge is 0.496 e. The van der Waals surface area contributed by atoms with Gasteiger partial charge >= 0.3 is 0 Å². The van der Waals surface area contributed by atoms with Crippen molar-refractivity contribution in [3.63, 3.8) is 0 Å². The Labute approximate surface area is 146 Å². The average molecular weight is 355 g/mol. The number of methoxy groups -OCH3 is 1. The van der Waals surface area contributed by atoms with E-state index in [9.17, 15) is 8.42 Å². The molecule has 1 aliphatic rings. The third-order valence-corrected chi connectivity index (χ3v) is 6.57. The lowest BCUT2D eigenvalue weighted by molar-refractivity contribution is 0.186. The molecule has 136 valence electrons. The fourth-order valence-corrected chi connectivity index (χ4v) is 4.73. The first kappa shape index (κ1) is 19.2. The number of ether oxygens (including phenoxy) is 1. The molecule has 2 rings (SSSR count). The predicted octanol–water partition coefficient (Wildman–Crippen LogP) is 2.71. The smallest absolute Gasteiger partial charge is 0.240 e. The second-order valence-corrected chi connectivity index (χ2v) is 8.39.